The van der Waals surface area contributed by atoms with Crippen LogP contribution < -0.4 is 11.1 Å². The summed E-state index contributed by atoms with van der Waals surface area (Å²) in [6.45, 7) is 0.649. The molecule has 15 heavy (non-hydrogen) atoms. The third-order valence-electron chi connectivity index (χ3n) is 2.41. The second-order valence-corrected chi connectivity index (χ2v) is 3.74. The topological polar surface area (TPSA) is 64.3 Å². The molecule has 0 aromatic rings. The molecule has 0 spiro atoms. The van der Waals surface area contributed by atoms with Gasteiger partial charge in [-0.25, -0.2) is 4.79 Å². The van der Waals surface area contributed by atoms with E-state index in [1.807, 2.05) is 0 Å². The number of ether oxygens (including phenoxy) is 1. The summed E-state index contributed by atoms with van der Waals surface area (Å²) < 4.78 is 4.86. The number of hydrogen-bond acceptors (Lipinski definition) is 3. The van der Waals surface area contributed by atoms with Gasteiger partial charge in [0.15, 0.2) is 0 Å². The zero-order valence-corrected chi connectivity index (χ0v) is 9.08. The Morgan fingerprint density at radius 1 is 1.47 bits per heavy atom. The van der Waals surface area contributed by atoms with E-state index in [2.05, 4.69) is 17.5 Å². The highest BCUT2D eigenvalue weighted by atomic mass is 16.5. The van der Waals surface area contributed by atoms with Crippen LogP contribution in [0.2, 0.25) is 0 Å². The molecule has 4 nitrogen and oxygen atoms in total. The number of alkyl carbamates (subject to hydrolysis) is 1. The molecule has 1 aliphatic rings. The fourth-order valence-electron chi connectivity index (χ4n) is 1.62. The minimum Gasteiger partial charge on any atom is -0.448 e. The van der Waals surface area contributed by atoms with Crippen LogP contribution in [0.4, 0.5) is 4.79 Å². The molecule has 4 heteroatoms. The van der Waals surface area contributed by atoms with E-state index in [0.29, 0.717) is 6.54 Å². The maximum absolute atomic E-state index is 11.2. The van der Waals surface area contributed by atoms with Gasteiger partial charge in [0.2, 0.25) is 0 Å². The van der Waals surface area contributed by atoms with Crippen molar-refractivity contribution in [2.75, 3.05) is 13.2 Å². The van der Waals surface area contributed by atoms with Gasteiger partial charge in [-0.1, -0.05) is 25.0 Å². The lowest BCUT2D eigenvalue weighted by Gasteiger charge is -2.16. The number of nitrogens with one attached hydrogen (secondary N) is 1. The van der Waals surface area contributed by atoms with E-state index in [4.69, 9.17) is 10.5 Å². The second kappa shape index (κ2) is 7.29. The maximum Gasteiger partial charge on any atom is 0.407 e. The molecule has 0 aromatic carbocycles. The first-order valence-corrected chi connectivity index (χ1v) is 5.63. The van der Waals surface area contributed by atoms with Crippen LogP contribution in [-0.4, -0.2) is 25.3 Å². The van der Waals surface area contributed by atoms with Crippen molar-refractivity contribution >= 4 is 6.09 Å². The predicted molar refractivity (Wildman–Crippen MR) is 59.6 cm³/mol. The standard InChI is InChI=1S/C11H20N2O2/c12-8-9-15-11(14)13-10-6-4-2-1-3-5-7-10/h4,6,10H,1-3,5,7-9,12H2,(H,13,14)/b6-4+. The van der Waals surface area contributed by atoms with Crippen molar-refractivity contribution in [3.8, 4) is 0 Å². The summed E-state index contributed by atoms with van der Waals surface area (Å²) in [6.07, 6.45) is 9.57. The van der Waals surface area contributed by atoms with Crippen molar-refractivity contribution in [3.05, 3.63) is 12.2 Å². The van der Waals surface area contributed by atoms with Crippen LogP contribution in [0.25, 0.3) is 0 Å². The number of hydrogen-bond donors (Lipinski definition) is 2. The fourth-order valence-corrected chi connectivity index (χ4v) is 1.62. The van der Waals surface area contributed by atoms with E-state index in [-0.39, 0.29) is 18.7 Å². The van der Waals surface area contributed by atoms with Crippen molar-refractivity contribution in [1.82, 2.24) is 5.32 Å². The number of amides is 1. The number of carbonyl (C=O) groups excluding carboxylic acids is 1. The SMILES string of the molecule is NCCOC(=O)NC1/C=C/CCCCC1. The minimum absolute atomic E-state index is 0.121. The Labute approximate surface area is 90.9 Å². The summed E-state index contributed by atoms with van der Waals surface area (Å²) >= 11 is 0. The number of carbonyl (C=O) groups is 1. The Hall–Kier alpha value is -1.03. The van der Waals surface area contributed by atoms with Gasteiger partial charge >= 0.3 is 6.09 Å². The van der Waals surface area contributed by atoms with Gasteiger partial charge in [-0.15, -0.1) is 0 Å². The van der Waals surface area contributed by atoms with Gasteiger partial charge < -0.3 is 15.8 Å². The van der Waals surface area contributed by atoms with Crippen molar-refractivity contribution in [2.45, 2.75) is 38.1 Å². The van der Waals surface area contributed by atoms with E-state index >= 15 is 0 Å². The second-order valence-electron chi connectivity index (χ2n) is 3.74. The largest absolute Gasteiger partial charge is 0.448 e. The zero-order valence-electron chi connectivity index (χ0n) is 9.08. The van der Waals surface area contributed by atoms with Gasteiger partial charge in [-0.2, -0.15) is 0 Å². The Morgan fingerprint density at radius 3 is 3.13 bits per heavy atom. The van der Waals surface area contributed by atoms with Crippen LogP contribution in [0.3, 0.4) is 0 Å². The van der Waals surface area contributed by atoms with Crippen molar-refractivity contribution < 1.29 is 9.53 Å². The highest BCUT2D eigenvalue weighted by Gasteiger charge is 2.10. The molecule has 1 unspecified atom stereocenters. The number of allylic oxidation sites excluding steroid dienone is 1. The van der Waals surface area contributed by atoms with Crippen molar-refractivity contribution in [2.24, 2.45) is 5.73 Å². The Bertz CT molecular complexity index is 217. The van der Waals surface area contributed by atoms with Gasteiger partial charge in [0.25, 0.3) is 0 Å². The Kier molecular flexibility index (Phi) is 5.85. The molecule has 1 amide bonds. The third kappa shape index (κ3) is 5.42. The first-order valence-electron chi connectivity index (χ1n) is 5.63. The summed E-state index contributed by atoms with van der Waals surface area (Å²) in [5.74, 6) is 0. The molecule has 1 atom stereocenters. The molecular formula is C11H20N2O2. The highest BCUT2D eigenvalue weighted by molar-refractivity contribution is 5.67. The molecule has 0 heterocycles. The quantitative estimate of drug-likeness (QED) is 0.698. The molecule has 86 valence electrons. The molecule has 0 radical (unpaired) electrons. The average molecular weight is 212 g/mol. The van der Waals surface area contributed by atoms with E-state index < -0.39 is 0 Å². The molecule has 0 saturated carbocycles. The number of nitrogens with two attached hydrogens (primary N) is 1. The molecular weight excluding hydrogens is 192 g/mol. The van der Waals surface area contributed by atoms with E-state index in [1.54, 1.807) is 0 Å². The van der Waals surface area contributed by atoms with Crippen LogP contribution in [0.5, 0.6) is 0 Å². The van der Waals surface area contributed by atoms with Crippen LogP contribution >= 0.6 is 0 Å². The lowest BCUT2D eigenvalue weighted by molar-refractivity contribution is 0.146. The van der Waals surface area contributed by atoms with E-state index in [9.17, 15) is 4.79 Å². The summed E-state index contributed by atoms with van der Waals surface area (Å²) in [5, 5.41) is 2.82. The average Bonchev–Trinajstić information content (AvgIpc) is 2.19. The first-order chi connectivity index (χ1) is 7.33. The first kappa shape index (κ1) is 12.0. The summed E-state index contributed by atoms with van der Waals surface area (Å²) in [4.78, 5) is 11.2. The van der Waals surface area contributed by atoms with Gasteiger partial charge in [0, 0.05) is 6.54 Å². The Balaban J connectivity index is 2.28. The molecule has 0 fully saturated rings. The van der Waals surface area contributed by atoms with Gasteiger partial charge in [0.05, 0.1) is 6.04 Å². The minimum atomic E-state index is -0.365. The maximum atomic E-state index is 11.2. The summed E-state index contributed by atoms with van der Waals surface area (Å²) in [7, 11) is 0. The van der Waals surface area contributed by atoms with Gasteiger partial charge in [-0.05, 0) is 19.3 Å². The van der Waals surface area contributed by atoms with Gasteiger partial charge in [0.1, 0.15) is 6.61 Å². The third-order valence-corrected chi connectivity index (χ3v) is 2.41. The molecule has 0 aromatic heterocycles. The smallest absolute Gasteiger partial charge is 0.407 e. The Morgan fingerprint density at radius 2 is 2.33 bits per heavy atom. The van der Waals surface area contributed by atoms with Crippen LogP contribution in [0.1, 0.15) is 32.1 Å². The predicted octanol–water partition coefficient (Wildman–Crippen LogP) is 1.56. The van der Waals surface area contributed by atoms with Crippen LogP contribution in [-0.2, 0) is 4.74 Å². The molecule has 1 rings (SSSR count). The van der Waals surface area contributed by atoms with Crippen LogP contribution in [0, 0.1) is 0 Å². The number of rotatable bonds is 3. The molecule has 0 aliphatic heterocycles. The molecule has 1 aliphatic carbocycles. The normalized spacial score (nSPS) is 23.7. The van der Waals surface area contributed by atoms with Gasteiger partial charge in [-0.3, -0.25) is 0 Å². The van der Waals surface area contributed by atoms with Crippen LogP contribution in [0.15, 0.2) is 12.2 Å². The van der Waals surface area contributed by atoms with E-state index in [0.717, 1.165) is 19.3 Å². The van der Waals surface area contributed by atoms with Crippen molar-refractivity contribution in [1.29, 1.82) is 0 Å². The monoisotopic (exact) mass is 212 g/mol. The lowest BCUT2D eigenvalue weighted by atomic mass is 10.0. The van der Waals surface area contributed by atoms with E-state index in [1.165, 1.54) is 12.8 Å². The lowest BCUT2D eigenvalue weighted by Crippen LogP contribution is -2.35. The molecule has 0 bridgehead atoms. The highest BCUT2D eigenvalue weighted by Crippen LogP contribution is 2.11. The zero-order chi connectivity index (χ0) is 10.9. The fraction of sp³-hybridized carbons (Fsp3) is 0.727. The van der Waals surface area contributed by atoms with Crippen molar-refractivity contribution in [3.63, 3.8) is 0 Å². The molecule has 3 N–H and O–H groups in total. The summed E-state index contributed by atoms with van der Waals surface area (Å²) in [6, 6.07) is 0.121. The molecule has 0 saturated heterocycles. The summed E-state index contributed by atoms with van der Waals surface area (Å²) in [5.41, 5.74) is 5.24.